The number of hydrogen-bond donors (Lipinski definition) is 0. The lowest BCUT2D eigenvalue weighted by atomic mass is 9.86. The number of carbonyl (C=O) groups excluding carboxylic acids is 1. The zero-order valence-electron chi connectivity index (χ0n) is 12.1. The fourth-order valence-corrected chi connectivity index (χ4v) is 3.36. The van der Waals surface area contributed by atoms with E-state index in [9.17, 15) is 10.1 Å². The van der Waals surface area contributed by atoms with E-state index in [1.165, 1.54) is 0 Å². The van der Waals surface area contributed by atoms with Crippen LogP contribution in [0.2, 0.25) is 0 Å². The molecule has 1 heterocycles. The highest BCUT2D eigenvalue weighted by Gasteiger charge is 2.45. The molecular weight excluding hydrogens is 264 g/mol. The Morgan fingerprint density at radius 2 is 2.00 bits per heavy atom. The summed E-state index contributed by atoms with van der Waals surface area (Å²) in [6.45, 7) is 1.67. The SMILES string of the molecule is N#CC1(C(=O)N2CCOC(c3ccccc3)C2)CCCC1. The van der Waals surface area contributed by atoms with Crippen molar-refractivity contribution in [3.8, 4) is 6.07 Å². The van der Waals surface area contributed by atoms with Gasteiger partial charge in [-0.15, -0.1) is 0 Å². The maximum atomic E-state index is 12.8. The number of rotatable bonds is 2. The summed E-state index contributed by atoms with van der Waals surface area (Å²) in [5.74, 6) is 0.00623. The first kappa shape index (κ1) is 14.1. The maximum Gasteiger partial charge on any atom is 0.243 e. The molecule has 1 saturated heterocycles. The van der Waals surface area contributed by atoms with Gasteiger partial charge in [0, 0.05) is 6.54 Å². The van der Waals surface area contributed by atoms with Crippen molar-refractivity contribution >= 4 is 5.91 Å². The molecule has 1 unspecified atom stereocenters. The van der Waals surface area contributed by atoms with Crippen LogP contribution in [0, 0.1) is 16.7 Å². The second-order valence-electron chi connectivity index (χ2n) is 5.92. The highest BCUT2D eigenvalue weighted by Crippen LogP contribution is 2.40. The Balaban J connectivity index is 1.74. The third-order valence-corrected chi connectivity index (χ3v) is 4.61. The summed E-state index contributed by atoms with van der Waals surface area (Å²) in [6.07, 6.45) is 3.28. The Bertz CT molecular complexity index is 544. The molecule has 1 aliphatic heterocycles. The van der Waals surface area contributed by atoms with Crippen molar-refractivity contribution in [2.24, 2.45) is 5.41 Å². The van der Waals surface area contributed by atoms with Crippen LogP contribution in [-0.4, -0.2) is 30.5 Å². The number of benzene rings is 1. The Morgan fingerprint density at radius 3 is 2.67 bits per heavy atom. The Hall–Kier alpha value is -1.86. The summed E-state index contributed by atoms with van der Waals surface area (Å²) in [4.78, 5) is 14.6. The summed E-state index contributed by atoms with van der Waals surface area (Å²) < 4.78 is 5.80. The number of morpholine rings is 1. The molecule has 0 aromatic heterocycles. The molecule has 110 valence electrons. The van der Waals surface area contributed by atoms with E-state index >= 15 is 0 Å². The van der Waals surface area contributed by atoms with E-state index in [4.69, 9.17) is 4.74 Å². The average Bonchev–Trinajstić information content (AvgIpc) is 3.05. The minimum Gasteiger partial charge on any atom is -0.370 e. The lowest BCUT2D eigenvalue weighted by Crippen LogP contribution is -2.48. The van der Waals surface area contributed by atoms with E-state index in [0.717, 1.165) is 18.4 Å². The van der Waals surface area contributed by atoms with Crippen molar-refractivity contribution in [1.29, 1.82) is 5.26 Å². The van der Waals surface area contributed by atoms with Crippen LogP contribution in [0.15, 0.2) is 30.3 Å². The fourth-order valence-electron chi connectivity index (χ4n) is 3.36. The van der Waals surface area contributed by atoms with Gasteiger partial charge in [0.05, 0.1) is 19.2 Å². The summed E-state index contributed by atoms with van der Waals surface area (Å²) in [6, 6.07) is 12.3. The average molecular weight is 284 g/mol. The molecule has 0 N–H and O–H groups in total. The summed E-state index contributed by atoms with van der Waals surface area (Å²) in [7, 11) is 0. The van der Waals surface area contributed by atoms with E-state index in [-0.39, 0.29) is 12.0 Å². The molecule has 2 aliphatic rings. The first-order chi connectivity index (χ1) is 10.2. The van der Waals surface area contributed by atoms with E-state index in [2.05, 4.69) is 6.07 Å². The molecule has 1 amide bonds. The van der Waals surface area contributed by atoms with Crippen LogP contribution in [0.5, 0.6) is 0 Å². The molecule has 0 radical (unpaired) electrons. The predicted molar refractivity (Wildman–Crippen MR) is 78.2 cm³/mol. The van der Waals surface area contributed by atoms with Crippen molar-refractivity contribution in [2.45, 2.75) is 31.8 Å². The van der Waals surface area contributed by atoms with Crippen LogP contribution in [0.4, 0.5) is 0 Å². The minimum absolute atomic E-state index is 0.00623. The van der Waals surface area contributed by atoms with E-state index in [1.807, 2.05) is 35.2 Å². The molecule has 0 bridgehead atoms. The molecule has 1 atom stereocenters. The van der Waals surface area contributed by atoms with Crippen LogP contribution < -0.4 is 0 Å². The molecule has 1 saturated carbocycles. The molecule has 0 spiro atoms. The van der Waals surface area contributed by atoms with Crippen LogP contribution in [-0.2, 0) is 9.53 Å². The summed E-state index contributed by atoms with van der Waals surface area (Å²) in [5, 5.41) is 9.47. The summed E-state index contributed by atoms with van der Waals surface area (Å²) in [5.41, 5.74) is 0.311. The van der Waals surface area contributed by atoms with Gasteiger partial charge in [-0.1, -0.05) is 43.2 Å². The van der Waals surface area contributed by atoms with Crippen molar-refractivity contribution in [2.75, 3.05) is 19.7 Å². The van der Waals surface area contributed by atoms with Gasteiger partial charge in [-0.2, -0.15) is 5.26 Å². The monoisotopic (exact) mass is 284 g/mol. The van der Waals surface area contributed by atoms with E-state index < -0.39 is 5.41 Å². The van der Waals surface area contributed by atoms with E-state index in [0.29, 0.717) is 32.5 Å². The summed E-state index contributed by atoms with van der Waals surface area (Å²) >= 11 is 0. The number of ether oxygens (including phenoxy) is 1. The predicted octanol–water partition coefficient (Wildman–Crippen LogP) is 2.67. The highest BCUT2D eigenvalue weighted by atomic mass is 16.5. The molecule has 2 fully saturated rings. The number of carbonyl (C=O) groups is 1. The largest absolute Gasteiger partial charge is 0.370 e. The topological polar surface area (TPSA) is 53.3 Å². The lowest BCUT2D eigenvalue weighted by Gasteiger charge is -2.36. The molecule has 1 aromatic carbocycles. The van der Waals surface area contributed by atoms with Gasteiger partial charge in [-0.3, -0.25) is 4.79 Å². The van der Waals surface area contributed by atoms with Gasteiger partial charge >= 0.3 is 0 Å². The van der Waals surface area contributed by atoms with Crippen LogP contribution >= 0.6 is 0 Å². The van der Waals surface area contributed by atoms with Crippen molar-refractivity contribution in [3.05, 3.63) is 35.9 Å². The zero-order valence-corrected chi connectivity index (χ0v) is 12.1. The molecule has 1 aliphatic carbocycles. The van der Waals surface area contributed by atoms with Crippen molar-refractivity contribution in [1.82, 2.24) is 4.90 Å². The van der Waals surface area contributed by atoms with Gasteiger partial charge in [0.15, 0.2) is 0 Å². The standard InChI is InChI=1S/C17H20N2O2/c18-13-17(8-4-5-9-17)16(20)19-10-11-21-15(12-19)14-6-2-1-3-7-14/h1-3,6-7,15H,4-5,8-12H2. The number of nitriles is 1. The van der Waals surface area contributed by atoms with Gasteiger partial charge in [0.1, 0.15) is 11.5 Å². The third kappa shape index (κ3) is 2.66. The molecular formula is C17H20N2O2. The van der Waals surface area contributed by atoms with Crippen LogP contribution in [0.3, 0.4) is 0 Å². The fraction of sp³-hybridized carbons (Fsp3) is 0.529. The van der Waals surface area contributed by atoms with Gasteiger partial charge in [-0.05, 0) is 18.4 Å². The number of nitrogens with zero attached hydrogens (tertiary/aromatic N) is 2. The third-order valence-electron chi connectivity index (χ3n) is 4.61. The molecule has 4 heteroatoms. The maximum absolute atomic E-state index is 12.8. The molecule has 3 rings (SSSR count). The first-order valence-corrected chi connectivity index (χ1v) is 7.62. The number of hydrogen-bond acceptors (Lipinski definition) is 3. The van der Waals surface area contributed by atoms with Crippen molar-refractivity contribution in [3.63, 3.8) is 0 Å². The van der Waals surface area contributed by atoms with Gasteiger partial charge in [0.2, 0.25) is 5.91 Å². The second-order valence-corrected chi connectivity index (χ2v) is 5.92. The van der Waals surface area contributed by atoms with Crippen molar-refractivity contribution < 1.29 is 9.53 Å². The van der Waals surface area contributed by atoms with E-state index in [1.54, 1.807) is 0 Å². The smallest absolute Gasteiger partial charge is 0.243 e. The quantitative estimate of drug-likeness (QED) is 0.839. The normalized spacial score (nSPS) is 24.5. The molecule has 1 aromatic rings. The minimum atomic E-state index is -0.779. The zero-order chi connectivity index (χ0) is 14.7. The van der Waals surface area contributed by atoms with Gasteiger partial charge in [0.25, 0.3) is 0 Å². The Kier molecular flexibility index (Phi) is 3.94. The number of amides is 1. The molecule has 4 nitrogen and oxygen atoms in total. The first-order valence-electron chi connectivity index (χ1n) is 7.62. The lowest BCUT2D eigenvalue weighted by molar-refractivity contribution is -0.146. The van der Waals surface area contributed by atoms with Crippen LogP contribution in [0.1, 0.15) is 37.4 Å². The highest BCUT2D eigenvalue weighted by molar-refractivity contribution is 5.86. The Morgan fingerprint density at radius 1 is 1.29 bits per heavy atom. The Labute approximate surface area is 125 Å². The van der Waals surface area contributed by atoms with Crippen LogP contribution in [0.25, 0.3) is 0 Å². The second kappa shape index (κ2) is 5.87. The van der Waals surface area contributed by atoms with Gasteiger partial charge < -0.3 is 9.64 Å². The molecule has 21 heavy (non-hydrogen) atoms. The van der Waals surface area contributed by atoms with Gasteiger partial charge in [-0.25, -0.2) is 0 Å².